The summed E-state index contributed by atoms with van der Waals surface area (Å²) in [6, 6.07) is 13.4. The monoisotopic (exact) mass is 312 g/mol. The Labute approximate surface area is 133 Å². The molecular formula is C17H16N2O4. The number of para-hydroxylation sites is 2. The molecule has 6 nitrogen and oxygen atoms in total. The number of nitrogens with one attached hydrogen (secondary N) is 2. The van der Waals surface area contributed by atoms with E-state index in [0.717, 1.165) is 0 Å². The Morgan fingerprint density at radius 2 is 2.09 bits per heavy atom. The third-order valence-corrected chi connectivity index (χ3v) is 3.45. The largest absolute Gasteiger partial charge is 0.497 e. The van der Waals surface area contributed by atoms with Gasteiger partial charge in [0.25, 0.3) is 0 Å². The maximum atomic E-state index is 12.1. The molecule has 0 spiro atoms. The van der Waals surface area contributed by atoms with Crippen molar-refractivity contribution in [2.24, 2.45) is 0 Å². The number of carbonyl (C=O) groups is 2. The van der Waals surface area contributed by atoms with Crippen molar-refractivity contribution in [1.29, 1.82) is 0 Å². The molecule has 3 rings (SSSR count). The Hall–Kier alpha value is -3.02. The van der Waals surface area contributed by atoms with Crippen LogP contribution in [0.4, 0.5) is 11.4 Å². The summed E-state index contributed by atoms with van der Waals surface area (Å²) >= 11 is 0. The Morgan fingerprint density at radius 1 is 1.26 bits per heavy atom. The van der Waals surface area contributed by atoms with Gasteiger partial charge in [-0.1, -0.05) is 18.2 Å². The lowest BCUT2D eigenvalue weighted by atomic mass is 10.1. The van der Waals surface area contributed by atoms with Crippen LogP contribution < -0.4 is 20.1 Å². The van der Waals surface area contributed by atoms with Gasteiger partial charge in [-0.2, -0.15) is 0 Å². The fraction of sp³-hybridized carbons (Fsp3) is 0.176. The van der Waals surface area contributed by atoms with Crippen LogP contribution in [0.25, 0.3) is 0 Å². The molecule has 1 amide bonds. The molecule has 0 aliphatic carbocycles. The van der Waals surface area contributed by atoms with Crippen molar-refractivity contribution in [3.8, 4) is 11.5 Å². The normalized spacial score (nSPS) is 15.9. The van der Waals surface area contributed by atoms with Gasteiger partial charge in [0.2, 0.25) is 5.91 Å². The molecule has 0 radical (unpaired) electrons. The van der Waals surface area contributed by atoms with Gasteiger partial charge < -0.3 is 20.1 Å². The zero-order valence-corrected chi connectivity index (χ0v) is 12.5. The Balaban J connectivity index is 1.65. The molecular weight excluding hydrogens is 296 g/mol. The first-order valence-corrected chi connectivity index (χ1v) is 7.17. The third kappa shape index (κ3) is 3.42. The second-order valence-corrected chi connectivity index (χ2v) is 5.10. The van der Waals surface area contributed by atoms with Gasteiger partial charge in [-0.05, 0) is 24.3 Å². The van der Waals surface area contributed by atoms with Crippen molar-refractivity contribution in [3.05, 3.63) is 48.5 Å². The highest BCUT2D eigenvalue weighted by Crippen LogP contribution is 2.29. The van der Waals surface area contributed by atoms with E-state index in [2.05, 4.69) is 10.6 Å². The SMILES string of the molecule is COc1cccc(NC(=O)C[C@H]2Nc3ccccc3OC2=O)c1. The van der Waals surface area contributed by atoms with Crippen molar-refractivity contribution in [2.75, 3.05) is 17.7 Å². The number of esters is 1. The molecule has 2 aromatic carbocycles. The number of benzene rings is 2. The van der Waals surface area contributed by atoms with Gasteiger partial charge in [0.05, 0.1) is 19.2 Å². The number of methoxy groups -OCH3 is 1. The molecule has 0 saturated heterocycles. The van der Waals surface area contributed by atoms with Crippen LogP contribution in [0.15, 0.2) is 48.5 Å². The van der Waals surface area contributed by atoms with E-state index in [0.29, 0.717) is 22.9 Å². The van der Waals surface area contributed by atoms with Crippen molar-refractivity contribution in [2.45, 2.75) is 12.5 Å². The van der Waals surface area contributed by atoms with Crippen molar-refractivity contribution < 1.29 is 19.1 Å². The van der Waals surface area contributed by atoms with Crippen LogP contribution in [0.2, 0.25) is 0 Å². The van der Waals surface area contributed by atoms with Crippen LogP contribution in [0.5, 0.6) is 11.5 Å². The zero-order chi connectivity index (χ0) is 16.2. The first-order chi connectivity index (χ1) is 11.2. The van der Waals surface area contributed by atoms with Crippen LogP contribution >= 0.6 is 0 Å². The van der Waals surface area contributed by atoms with Crippen molar-refractivity contribution in [3.63, 3.8) is 0 Å². The minimum Gasteiger partial charge on any atom is -0.497 e. The molecule has 6 heteroatoms. The van der Waals surface area contributed by atoms with E-state index in [-0.39, 0.29) is 12.3 Å². The summed E-state index contributed by atoms with van der Waals surface area (Å²) < 4.78 is 10.3. The van der Waals surface area contributed by atoms with E-state index < -0.39 is 12.0 Å². The summed E-state index contributed by atoms with van der Waals surface area (Å²) in [6.45, 7) is 0. The van der Waals surface area contributed by atoms with E-state index in [9.17, 15) is 9.59 Å². The van der Waals surface area contributed by atoms with E-state index in [1.807, 2.05) is 6.07 Å². The number of hydrogen-bond donors (Lipinski definition) is 2. The van der Waals surface area contributed by atoms with E-state index >= 15 is 0 Å². The number of rotatable bonds is 4. The lowest BCUT2D eigenvalue weighted by molar-refractivity contribution is -0.137. The van der Waals surface area contributed by atoms with Gasteiger partial charge in [-0.15, -0.1) is 0 Å². The summed E-state index contributed by atoms with van der Waals surface area (Å²) in [7, 11) is 1.56. The molecule has 0 aromatic heterocycles. The highest BCUT2D eigenvalue weighted by atomic mass is 16.5. The minimum absolute atomic E-state index is 0.0234. The lowest BCUT2D eigenvalue weighted by Gasteiger charge is -2.25. The van der Waals surface area contributed by atoms with Gasteiger partial charge in [0, 0.05) is 11.8 Å². The van der Waals surface area contributed by atoms with Crippen LogP contribution in [0.3, 0.4) is 0 Å². The molecule has 118 valence electrons. The fourth-order valence-corrected chi connectivity index (χ4v) is 2.33. The molecule has 0 saturated carbocycles. The maximum absolute atomic E-state index is 12.1. The highest BCUT2D eigenvalue weighted by molar-refractivity contribution is 5.97. The minimum atomic E-state index is -0.712. The molecule has 1 heterocycles. The summed E-state index contributed by atoms with van der Waals surface area (Å²) in [5.74, 6) is 0.366. The van der Waals surface area contributed by atoms with Gasteiger partial charge in [0.1, 0.15) is 11.8 Å². The Bertz CT molecular complexity index is 745. The summed E-state index contributed by atoms with van der Waals surface area (Å²) in [6.07, 6.45) is -0.0234. The maximum Gasteiger partial charge on any atom is 0.334 e. The quantitative estimate of drug-likeness (QED) is 0.670. The standard InChI is InChI=1S/C17H16N2O4/c1-22-12-6-4-5-11(9-12)18-16(20)10-14-17(21)23-15-8-3-2-7-13(15)19-14/h2-9,14,19H,10H2,1H3,(H,18,20)/t14-/m1/s1. The molecule has 0 unspecified atom stereocenters. The first kappa shape index (κ1) is 14.9. The molecule has 1 atom stereocenters. The molecule has 0 fully saturated rings. The summed E-state index contributed by atoms with van der Waals surface area (Å²) in [5, 5.41) is 5.77. The van der Waals surface area contributed by atoms with Crippen LogP contribution in [0, 0.1) is 0 Å². The second-order valence-electron chi connectivity index (χ2n) is 5.10. The fourth-order valence-electron chi connectivity index (χ4n) is 2.33. The number of fused-ring (bicyclic) bond motifs is 1. The number of anilines is 2. The van der Waals surface area contributed by atoms with E-state index in [4.69, 9.17) is 9.47 Å². The van der Waals surface area contributed by atoms with Crippen molar-refractivity contribution >= 4 is 23.3 Å². The predicted octanol–water partition coefficient (Wildman–Crippen LogP) is 2.42. The number of carbonyl (C=O) groups excluding carboxylic acids is 2. The van der Waals surface area contributed by atoms with Gasteiger partial charge >= 0.3 is 5.97 Å². The molecule has 1 aliphatic heterocycles. The number of amides is 1. The average molecular weight is 312 g/mol. The Morgan fingerprint density at radius 3 is 2.91 bits per heavy atom. The van der Waals surface area contributed by atoms with Gasteiger partial charge in [-0.25, -0.2) is 4.79 Å². The van der Waals surface area contributed by atoms with Gasteiger partial charge in [-0.3, -0.25) is 4.79 Å². The number of hydrogen-bond acceptors (Lipinski definition) is 5. The predicted molar refractivity (Wildman–Crippen MR) is 85.7 cm³/mol. The van der Waals surface area contributed by atoms with Gasteiger partial charge in [0.15, 0.2) is 5.75 Å². The Kier molecular flexibility index (Phi) is 4.14. The lowest BCUT2D eigenvalue weighted by Crippen LogP contribution is -2.39. The summed E-state index contributed by atoms with van der Waals surface area (Å²) in [4.78, 5) is 24.1. The van der Waals surface area contributed by atoms with Crippen LogP contribution in [-0.2, 0) is 9.59 Å². The van der Waals surface area contributed by atoms with E-state index in [1.165, 1.54) is 0 Å². The molecule has 1 aliphatic rings. The average Bonchev–Trinajstić information content (AvgIpc) is 2.55. The molecule has 2 N–H and O–H groups in total. The topological polar surface area (TPSA) is 76.7 Å². The summed E-state index contributed by atoms with van der Waals surface area (Å²) in [5.41, 5.74) is 1.31. The molecule has 2 aromatic rings. The van der Waals surface area contributed by atoms with Crippen LogP contribution in [0.1, 0.15) is 6.42 Å². The first-order valence-electron chi connectivity index (χ1n) is 7.17. The smallest absolute Gasteiger partial charge is 0.334 e. The van der Waals surface area contributed by atoms with E-state index in [1.54, 1.807) is 49.6 Å². The zero-order valence-electron chi connectivity index (χ0n) is 12.5. The second kappa shape index (κ2) is 6.39. The van der Waals surface area contributed by atoms with Crippen LogP contribution in [-0.4, -0.2) is 25.0 Å². The number of ether oxygens (including phenoxy) is 2. The van der Waals surface area contributed by atoms with Crippen molar-refractivity contribution in [1.82, 2.24) is 0 Å². The molecule has 23 heavy (non-hydrogen) atoms. The molecule has 0 bridgehead atoms. The third-order valence-electron chi connectivity index (χ3n) is 3.45. The highest BCUT2D eigenvalue weighted by Gasteiger charge is 2.29.